The molecule has 1 aromatic carbocycles. The predicted molar refractivity (Wildman–Crippen MR) is 121 cm³/mol. The van der Waals surface area contributed by atoms with Crippen LogP contribution in [0.4, 0.5) is 0 Å². The Balaban J connectivity index is 1.16. The van der Waals surface area contributed by atoms with Gasteiger partial charge in [0.2, 0.25) is 5.91 Å². The van der Waals surface area contributed by atoms with E-state index in [0.717, 1.165) is 34.7 Å². The van der Waals surface area contributed by atoms with Crippen LogP contribution >= 0.6 is 11.3 Å². The summed E-state index contributed by atoms with van der Waals surface area (Å²) in [5.74, 6) is -0.228. The number of thiazole rings is 1. The predicted octanol–water partition coefficient (Wildman–Crippen LogP) is 3.34. The third kappa shape index (κ3) is 5.64. The first-order valence-electron chi connectivity index (χ1n) is 10.1. The first-order valence-corrected chi connectivity index (χ1v) is 11.0. The van der Waals surface area contributed by atoms with Gasteiger partial charge in [0.1, 0.15) is 0 Å². The summed E-state index contributed by atoms with van der Waals surface area (Å²) in [6.07, 6.45) is 5.01. The summed E-state index contributed by atoms with van der Waals surface area (Å²) in [4.78, 5) is 32.9. The highest BCUT2D eigenvalue weighted by molar-refractivity contribution is 7.09. The van der Waals surface area contributed by atoms with Crippen molar-refractivity contribution in [1.82, 2.24) is 25.8 Å². The number of rotatable bonds is 9. The third-order valence-electron chi connectivity index (χ3n) is 4.63. The molecule has 0 bridgehead atoms. The molecule has 0 aliphatic heterocycles. The van der Waals surface area contributed by atoms with E-state index in [-0.39, 0.29) is 18.1 Å². The summed E-state index contributed by atoms with van der Waals surface area (Å²) in [5, 5.41) is 12.2. The molecule has 0 unspecified atom stereocenters. The lowest BCUT2D eigenvalue weighted by Gasteiger charge is -2.05. The van der Waals surface area contributed by atoms with E-state index in [1.54, 1.807) is 29.8 Å². The zero-order valence-corrected chi connectivity index (χ0v) is 18.0. The number of nitrogens with zero attached hydrogens (tertiary/aromatic N) is 3. The van der Waals surface area contributed by atoms with E-state index >= 15 is 0 Å². The van der Waals surface area contributed by atoms with Crippen LogP contribution < -0.4 is 10.6 Å². The van der Waals surface area contributed by atoms with Gasteiger partial charge in [-0.2, -0.15) is 0 Å². The molecule has 0 spiro atoms. The number of carbonyl (C=O) groups is 2. The smallest absolute Gasteiger partial charge is 0.273 e. The van der Waals surface area contributed by atoms with Crippen molar-refractivity contribution in [2.45, 2.75) is 12.8 Å². The van der Waals surface area contributed by atoms with Crippen LogP contribution in [0.1, 0.15) is 21.9 Å². The van der Waals surface area contributed by atoms with Crippen molar-refractivity contribution < 1.29 is 14.1 Å². The minimum atomic E-state index is -0.461. The first kappa shape index (κ1) is 21.4. The van der Waals surface area contributed by atoms with Gasteiger partial charge in [-0.3, -0.25) is 14.6 Å². The van der Waals surface area contributed by atoms with Crippen LogP contribution in [-0.2, 0) is 11.2 Å². The maximum atomic E-state index is 12.2. The number of pyridine rings is 1. The summed E-state index contributed by atoms with van der Waals surface area (Å²) in [6, 6.07) is 14.8. The Hall–Kier alpha value is -3.85. The van der Waals surface area contributed by atoms with Gasteiger partial charge in [0.05, 0.1) is 17.2 Å². The van der Waals surface area contributed by atoms with Gasteiger partial charge in [-0.1, -0.05) is 35.5 Å². The zero-order chi connectivity index (χ0) is 22.2. The summed E-state index contributed by atoms with van der Waals surface area (Å²) in [5.41, 5.74) is 2.92. The normalized spacial score (nSPS) is 10.6. The summed E-state index contributed by atoms with van der Waals surface area (Å²) >= 11 is 1.60. The summed E-state index contributed by atoms with van der Waals surface area (Å²) in [7, 11) is 0. The quantitative estimate of drug-likeness (QED) is 0.381. The third-order valence-corrected chi connectivity index (χ3v) is 5.54. The van der Waals surface area contributed by atoms with Crippen molar-refractivity contribution in [1.29, 1.82) is 0 Å². The second kappa shape index (κ2) is 10.5. The van der Waals surface area contributed by atoms with Crippen LogP contribution in [0.25, 0.3) is 22.6 Å². The Morgan fingerprint density at radius 2 is 1.81 bits per heavy atom. The standard InChI is InChI=1S/C23H21N5O3S/c29-21(14-26-23(30)18-13-20(31-28-18)17-5-2-1-3-6-17)25-10-4-7-22-27-19(15-32-22)16-8-11-24-12-9-16/h1-3,5-6,8-9,11-13,15H,4,7,10,14H2,(H,25,29)(H,26,30). The van der Waals surface area contributed by atoms with Gasteiger partial charge in [0, 0.05) is 47.9 Å². The highest BCUT2D eigenvalue weighted by Gasteiger charge is 2.14. The van der Waals surface area contributed by atoms with Crippen molar-refractivity contribution >= 4 is 23.2 Å². The number of nitrogens with one attached hydrogen (secondary N) is 2. The van der Waals surface area contributed by atoms with Crippen LogP contribution in [-0.4, -0.2) is 40.0 Å². The van der Waals surface area contributed by atoms with Gasteiger partial charge in [-0.25, -0.2) is 4.98 Å². The Morgan fingerprint density at radius 3 is 2.62 bits per heavy atom. The van der Waals surface area contributed by atoms with Crippen LogP contribution in [0.3, 0.4) is 0 Å². The fraction of sp³-hybridized carbons (Fsp3) is 0.174. The number of carbonyl (C=O) groups excluding carboxylic acids is 2. The Morgan fingerprint density at radius 1 is 1.00 bits per heavy atom. The Bertz CT molecular complexity index is 1170. The van der Waals surface area contributed by atoms with E-state index in [2.05, 4.69) is 25.8 Å². The van der Waals surface area contributed by atoms with E-state index in [1.165, 1.54) is 0 Å². The number of hydrogen-bond donors (Lipinski definition) is 2. The molecule has 32 heavy (non-hydrogen) atoms. The van der Waals surface area contributed by atoms with Crippen LogP contribution in [0.2, 0.25) is 0 Å². The number of aromatic nitrogens is 3. The first-order chi connectivity index (χ1) is 15.7. The topological polar surface area (TPSA) is 110 Å². The molecular formula is C23H21N5O3S. The average Bonchev–Trinajstić information content (AvgIpc) is 3.52. The number of aryl methyl sites for hydroxylation is 1. The molecule has 0 atom stereocenters. The molecular weight excluding hydrogens is 426 g/mol. The molecule has 2 amide bonds. The van der Waals surface area contributed by atoms with Gasteiger partial charge in [-0.05, 0) is 18.6 Å². The lowest BCUT2D eigenvalue weighted by Crippen LogP contribution is -2.37. The second-order valence-electron chi connectivity index (χ2n) is 6.94. The number of benzene rings is 1. The lowest BCUT2D eigenvalue weighted by molar-refractivity contribution is -0.120. The van der Waals surface area contributed by atoms with Crippen molar-refractivity contribution in [2.75, 3.05) is 13.1 Å². The highest BCUT2D eigenvalue weighted by atomic mass is 32.1. The largest absolute Gasteiger partial charge is 0.355 e. The molecule has 162 valence electrons. The molecule has 3 heterocycles. The minimum Gasteiger partial charge on any atom is -0.355 e. The number of hydrogen-bond acceptors (Lipinski definition) is 7. The van der Waals surface area contributed by atoms with Gasteiger partial charge < -0.3 is 15.2 Å². The maximum absolute atomic E-state index is 12.2. The molecule has 0 fully saturated rings. The molecule has 0 aliphatic rings. The van der Waals surface area contributed by atoms with Gasteiger partial charge >= 0.3 is 0 Å². The Labute approximate surface area is 188 Å². The molecule has 0 aliphatic carbocycles. The monoisotopic (exact) mass is 447 g/mol. The molecule has 0 radical (unpaired) electrons. The molecule has 0 saturated heterocycles. The molecule has 0 saturated carbocycles. The molecule has 4 aromatic rings. The fourth-order valence-corrected chi connectivity index (χ4v) is 3.83. The van der Waals surface area contributed by atoms with E-state index in [1.807, 2.05) is 47.8 Å². The number of amides is 2. The zero-order valence-electron chi connectivity index (χ0n) is 17.2. The summed E-state index contributed by atoms with van der Waals surface area (Å²) in [6.45, 7) is 0.372. The lowest BCUT2D eigenvalue weighted by atomic mass is 10.1. The van der Waals surface area contributed by atoms with Crippen molar-refractivity contribution in [3.8, 4) is 22.6 Å². The average molecular weight is 448 g/mol. The molecule has 8 nitrogen and oxygen atoms in total. The minimum absolute atomic E-state index is 0.129. The van der Waals surface area contributed by atoms with E-state index < -0.39 is 5.91 Å². The van der Waals surface area contributed by atoms with Gasteiger partial charge in [0.15, 0.2) is 11.5 Å². The maximum Gasteiger partial charge on any atom is 0.273 e. The molecule has 2 N–H and O–H groups in total. The molecule has 3 aromatic heterocycles. The second-order valence-corrected chi connectivity index (χ2v) is 7.88. The highest BCUT2D eigenvalue weighted by Crippen LogP contribution is 2.22. The Kier molecular flexibility index (Phi) is 6.98. The van der Waals surface area contributed by atoms with E-state index in [9.17, 15) is 9.59 Å². The van der Waals surface area contributed by atoms with E-state index in [0.29, 0.717) is 12.3 Å². The van der Waals surface area contributed by atoms with Crippen LogP contribution in [0.5, 0.6) is 0 Å². The van der Waals surface area contributed by atoms with Gasteiger partial charge in [-0.15, -0.1) is 11.3 Å². The van der Waals surface area contributed by atoms with Crippen LogP contribution in [0.15, 0.2) is 70.8 Å². The summed E-state index contributed by atoms with van der Waals surface area (Å²) < 4.78 is 5.21. The molecule has 4 rings (SSSR count). The fourth-order valence-electron chi connectivity index (χ4n) is 2.98. The van der Waals surface area contributed by atoms with Crippen molar-refractivity contribution in [3.05, 3.63) is 77.0 Å². The SMILES string of the molecule is O=C(CNC(=O)c1cc(-c2ccccc2)on1)NCCCc1nc(-c2ccncc2)cs1. The van der Waals surface area contributed by atoms with Gasteiger partial charge in [0.25, 0.3) is 5.91 Å². The van der Waals surface area contributed by atoms with Crippen molar-refractivity contribution in [2.24, 2.45) is 0 Å². The van der Waals surface area contributed by atoms with E-state index in [4.69, 9.17) is 4.52 Å². The molecule has 9 heteroatoms. The van der Waals surface area contributed by atoms with Crippen LogP contribution in [0, 0.1) is 0 Å². The van der Waals surface area contributed by atoms with Crippen molar-refractivity contribution in [3.63, 3.8) is 0 Å².